The molecule has 6 aliphatic rings. The fourth-order valence-electron chi connectivity index (χ4n) is 9.21. The average Bonchev–Trinajstić information content (AvgIpc) is 3.34. The predicted octanol–water partition coefficient (Wildman–Crippen LogP) is 12.0. The first-order chi connectivity index (χ1) is 26.2. The second-order valence-corrected chi connectivity index (χ2v) is 15.1. The maximum atomic E-state index is 6.40. The van der Waals surface area contributed by atoms with E-state index in [2.05, 4.69) is 187 Å². The van der Waals surface area contributed by atoms with Gasteiger partial charge in [-0.15, -0.1) is 0 Å². The molecule has 0 saturated heterocycles. The van der Waals surface area contributed by atoms with Gasteiger partial charge in [-0.3, -0.25) is 0 Å². The molecule has 3 aliphatic heterocycles. The lowest BCUT2D eigenvalue weighted by Crippen LogP contribution is -2.20. The van der Waals surface area contributed by atoms with Crippen molar-refractivity contribution in [1.82, 2.24) is 0 Å². The molecule has 53 heavy (non-hydrogen) atoms. The van der Waals surface area contributed by atoms with Gasteiger partial charge in [0, 0.05) is 28.9 Å². The van der Waals surface area contributed by atoms with Crippen molar-refractivity contribution in [3.05, 3.63) is 215 Å². The van der Waals surface area contributed by atoms with Crippen LogP contribution in [0.5, 0.6) is 0 Å². The smallest absolute Gasteiger partial charge is 0.147 e. The van der Waals surface area contributed by atoms with Crippen LogP contribution in [0.1, 0.15) is 41.0 Å². The summed E-state index contributed by atoms with van der Waals surface area (Å²) >= 11 is 0. The zero-order chi connectivity index (χ0) is 35.1. The molecule has 3 aliphatic carbocycles. The lowest BCUT2D eigenvalue weighted by atomic mass is 9.52. The topological polar surface area (TPSA) is 12.5 Å². The summed E-state index contributed by atoms with van der Waals surface area (Å²) in [4.78, 5) is 2.47. The number of ether oxygens (including phenoxy) is 1. The highest BCUT2D eigenvalue weighted by molar-refractivity contribution is 6.44. The van der Waals surface area contributed by atoms with Gasteiger partial charge in [0.2, 0.25) is 0 Å². The molecular formula is C50H42BNO. The van der Waals surface area contributed by atoms with Crippen LogP contribution in [0.15, 0.2) is 193 Å². The lowest BCUT2D eigenvalue weighted by Gasteiger charge is -2.32. The number of nitrogens with zero attached hydrogens (tertiary/aromatic N) is 1. The molecule has 4 aromatic carbocycles. The molecule has 3 heteroatoms. The predicted molar refractivity (Wildman–Crippen MR) is 223 cm³/mol. The Hall–Kier alpha value is -5.80. The molecule has 256 valence electrons. The van der Waals surface area contributed by atoms with Crippen molar-refractivity contribution in [1.29, 1.82) is 0 Å². The second kappa shape index (κ2) is 13.6. The van der Waals surface area contributed by atoms with E-state index in [1.165, 1.54) is 61.6 Å². The first kappa shape index (κ1) is 31.9. The molecule has 0 amide bonds. The molecule has 4 aromatic rings. The summed E-state index contributed by atoms with van der Waals surface area (Å²) in [5.41, 5.74) is 14.4. The van der Waals surface area contributed by atoms with Crippen molar-refractivity contribution in [2.45, 2.75) is 42.9 Å². The number of rotatable bonds is 6. The van der Waals surface area contributed by atoms with E-state index in [0.29, 0.717) is 23.5 Å². The Balaban J connectivity index is 0.970. The van der Waals surface area contributed by atoms with Crippen LogP contribution in [0.3, 0.4) is 0 Å². The minimum atomic E-state index is 0.125. The standard InChI is InChI=1S/C50H42BNO/c1-2-10-34(11-3-1)35-20-26-41(27-21-35)52(43-15-8-14-39(33-43)45-18-9-13-37-12-4-5-16-44(37)45)42-28-22-36(23-29-42)38-24-30-47-50-46-17-6-7-19-48(46)53-49(50)31-25-40(32-38)51-47/h1-3,5-11,13-32,39-40,46-48,51H,4,12,33H2. The van der Waals surface area contributed by atoms with Crippen molar-refractivity contribution in [3.8, 4) is 11.1 Å². The van der Waals surface area contributed by atoms with Gasteiger partial charge in [0.25, 0.3) is 0 Å². The van der Waals surface area contributed by atoms with Crippen LogP contribution in [-0.2, 0) is 11.2 Å². The second-order valence-electron chi connectivity index (χ2n) is 15.1. The quantitative estimate of drug-likeness (QED) is 0.188. The molecule has 0 N–H and O–H groups in total. The first-order valence-corrected chi connectivity index (χ1v) is 19.3. The number of aryl methyl sites for hydroxylation is 1. The molecule has 3 heterocycles. The number of benzene rings is 4. The summed E-state index contributed by atoms with van der Waals surface area (Å²) in [6.45, 7) is 0. The van der Waals surface area contributed by atoms with E-state index in [0.717, 1.165) is 32.3 Å². The van der Waals surface area contributed by atoms with Gasteiger partial charge >= 0.3 is 0 Å². The third-order valence-corrected chi connectivity index (χ3v) is 11.8. The highest BCUT2D eigenvalue weighted by Crippen LogP contribution is 2.47. The van der Waals surface area contributed by atoms with E-state index in [1.54, 1.807) is 0 Å². The summed E-state index contributed by atoms with van der Waals surface area (Å²) in [7, 11) is 1.08. The Bertz CT molecular complexity index is 2330. The molecule has 5 unspecified atom stereocenters. The van der Waals surface area contributed by atoms with E-state index < -0.39 is 0 Å². The van der Waals surface area contributed by atoms with Gasteiger partial charge in [-0.2, -0.15) is 0 Å². The molecule has 5 atom stereocenters. The van der Waals surface area contributed by atoms with Gasteiger partial charge in [0.15, 0.2) is 0 Å². The van der Waals surface area contributed by atoms with Crippen LogP contribution in [0.2, 0.25) is 11.6 Å². The van der Waals surface area contributed by atoms with Crippen LogP contribution < -0.4 is 4.90 Å². The van der Waals surface area contributed by atoms with Crippen LogP contribution in [-0.4, -0.2) is 13.4 Å². The van der Waals surface area contributed by atoms with Crippen LogP contribution in [0.25, 0.3) is 22.8 Å². The van der Waals surface area contributed by atoms with Crippen molar-refractivity contribution in [3.63, 3.8) is 0 Å². The lowest BCUT2D eigenvalue weighted by molar-refractivity contribution is 0.173. The van der Waals surface area contributed by atoms with Crippen LogP contribution >= 0.6 is 0 Å². The zero-order valence-corrected chi connectivity index (χ0v) is 29.9. The summed E-state index contributed by atoms with van der Waals surface area (Å²) in [5.74, 6) is 2.43. The average molecular weight is 684 g/mol. The maximum absolute atomic E-state index is 6.40. The molecule has 0 radical (unpaired) electrons. The van der Waals surface area contributed by atoms with Gasteiger partial charge in [-0.05, 0) is 118 Å². The number of allylic oxidation sites excluding steroid dienone is 13. The van der Waals surface area contributed by atoms with Gasteiger partial charge in [-0.25, -0.2) is 0 Å². The minimum absolute atomic E-state index is 0.125. The van der Waals surface area contributed by atoms with Crippen LogP contribution in [0.4, 0.5) is 11.4 Å². The number of fused-ring (bicyclic) bond motifs is 6. The molecule has 0 spiro atoms. The molecule has 2 nitrogen and oxygen atoms in total. The summed E-state index contributed by atoms with van der Waals surface area (Å²) < 4.78 is 6.40. The highest BCUT2D eigenvalue weighted by atomic mass is 16.5. The fourth-order valence-corrected chi connectivity index (χ4v) is 9.21. The Morgan fingerprint density at radius 3 is 2.30 bits per heavy atom. The van der Waals surface area contributed by atoms with Gasteiger partial charge < -0.3 is 9.64 Å². The van der Waals surface area contributed by atoms with E-state index in [9.17, 15) is 0 Å². The molecule has 2 bridgehead atoms. The summed E-state index contributed by atoms with van der Waals surface area (Å²) in [5, 5.41) is 0. The Kier molecular flexibility index (Phi) is 8.21. The van der Waals surface area contributed by atoms with Crippen molar-refractivity contribution in [2.75, 3.05) is 4.90 Å². The Morgan fingerprint density at radius 1 is 0.660 bits per heavy atom. The third kappa shape index (κ3) is 6.05. The molecule has 0 aromatic heterocycles. The van der Waals surface area contributed by atoms with E-state index in [-0.39, 0.29) is 6.10 Å². The molecular weight excluding hydrogens is 641 g/mol. The van der Waals surface area contributed by atoms with E-state index in [1.807, 2.05) is 0 Å². The first-order valence-electron chi connectivity index (χ1n) is 19.3. The third-order valence-electron chi connectivity index (χ3n) is 11.8. The normalized spacial score (nSPS) is 24.6. The fraction of sp³-hybridized carbons (Fsp3) is 0.160. The maximum Gasteiger partial charge on any atom is 0.147 e. The number of hydrogen-bond donors (Lipinski definition) is 0. The van der Waals surface area contributed by atoms with Gasteiger partial charge in [-0.1, -0.05) is 140 Å². The van der Waals surface area contributed by atoms with Gasteiger partial charge in [0.1, 0.15) is 19.1 Å². The Labute approximate surface area is 314 Å². The largest absolute Gasteiger partial charge is 0.485 e. The van der Waals surface area contributed by atoms with E-state index in [4.69, 9.17) is 4.74 Å². The molecule has 10 rings (SSSR count). The minimum Gasteiger partial charge on any atom is -0.485 e. The van der Waals surface area contributed by atoms with Crippen molar-refractivity contribution >= 4 is 30.3 Å². The summed E-state index contributed by atoms with van der Waals surface area (Å²) in [6.07, 6.45) is 35.6. The van der Waals surface area contributed by atoms with Crippen LogP contribution in [0, 0.1) is 5.92 Å². The summed E-state index contributed by atoms with van der Waals surface area (Å²) in [6, 6.07) is 35.9. The van der Waals surface area contributed by atoms with Crippen molar-refractivity contribution in [2.24, 2.45) is 5.92 Å². The molecule has 0 saturated carbocycles. The number of anilines is 2. The zero-order valence-electron chi connectivity index (χ0n) is 29.9. The highest BCUT2D eigenvalue weighted by Gasteiger charge is 2.39. The Morgan fingerprint density at radius 2 is 1.45 bits per heavy atom. The van der Waals surface area contributed by atoms with Crippen molar-refractivity contribution < 1.29 is 4.74 Å². The van der Waals surface area contributed by atoms with Gasteiger partial charge in [0.05, 0.1) is 0 Å². The molecule has 0 fully saturated rings. The SMILES string of the molecule is B1C2C=CC3=C(C1C=CC(c1ccc(N(C4=CC=CC(c5cccc6c5C=CCC6)C4)c4ccc(-c5ccccc5)cc4)cc1)=C2)C1C=CC=CC1O3. The van der Waals surface area contributed by atoms with E-state index >= 15 is 0 Å². The number of hydrogen-bond acceptors (Lipinski definition) is 2. The monoisotopic (exact) mass is 683 g/mol.